The molecule has 1 fully saturated rings. The van der Waals surface area contributed by atoms with Gasteiger partial charge in [-0.3, -0.25) is 15.0 Å². The summed E-state index contributed by atoms with van der Waals surface area (Å²) in [5.41, 5.74) is -0.806. The van der Waals surface area contributed by atoms with Gasteiger partial charge in [0, 0.05) is 19.1 Å². The predicted molar refractivity (Wildman–Crippen MR) is 75.4 cm³/mol. The SMILES string of the molecule is CC(C)NC(C)(CCCCN1CCOCC1)C(=O)O. The molecule has 1 saturated heterocycles. The normalized spacial score (nSPS) is 20.4. The Kier molecular flexibility index (Phi) is 6.75. The molecule has 0 spiro atoms. The van der Waals surface area contributed by atoms with Crippen LogP contribution >= 0.6 is 0 Å². The second-order valence-corrected chi connectivity index (χ2v) is 5.85. The van der Waals surface area contributed by atoms with Gasteiger partial charge in [0.25, 0.3) is 0 Å². The van der Waals surface area contributed by atoms with Crippen LogP contribution in [0.3, 0.4) is 0 Å². The number of carbonyl (C=O) groups is 1. The Morgan fingerprint density at radius 2 is 2.00 bits per heavy atom. The van der Waals surface area contributed by atoms with Gasteiger partial charge < -0.3 is 9.84 Å². The smallest absolute Gasteiger partial charge is 0.323 e. The fourth-order valence-corrected chi connectivity index (χ4v) is 2.52. The highest BCUT2D eigenvalue weighted by Crippen LogP contribution is 2.16. The first kappa shape index (κ1) is 16.4. The molecule has 0 amide bonds. The maximum absolute atomic E-state index is 11.4. The van der Waals surface area contributed by atoms with Crippen LogP contribution in [0.2, 0.25) is 0 Å². The van der Waals surface area contributed by atoms with Gasteiger partial charge in [0.1, 0.15) is 5.54 Å². The molecule has 0 aromatic carbocycles. The number of carboxylic acids is 1. The topological polar surface area (TPSA) is 61.8 Å². The molecule has 5 heteroatoms. The van der Waals surface area contributed by atoms with Crippen molar-refractivity contribution >= 4 is 5.97 Å². The van der Waals surface area contributed by atoms with E-state index >= 15 is 0 Å². The quantitative estimate of drug-likeness (QED) is 0.653. The number of aliphatic carboxylic acids is 1. The first-order chi connectivity index (χ1) is 8.94. The molecule has 1 atom stereocenters. The largest absolute Gasteiger partial charge is 0.480 e. The van der Waals surface area contributed by atoms with Crippen molar-refractivity contribution in [2.45, 2.75) is 51.6 Å². The van der Waals surface area contributed by atoms with Gasteiger partial charge in [-0.25, -0.2) is 0 Å². The molecule has 112 valence electrons. The standard InChI is InChI=1S/C14H28N2O3/c1-12(2)15-14(3,13(17)18)6-4-5-7-16-8-10-19-11-9-16/h12,15H,4-11H2,1-3H3,(H,17,18). The number of hydrogen-bond donors (Lipinski definition) is 2. The van der Waals surface area contributed by atoms with Gasteiger partial charge in [0.05, 0.1) is 13.2 Å². The molecule has 19 heavy (non-hydrogen) atoms. The van der Waals surface area contributed by atoms with E-state index in [1.165, 1.54) is 0 Å². The maximum atomic E-state index is 11.4. The molecule has 0 aromatic rings. The van der Waals surface area contributed by atoms with E-state index in [9.17, 15) is 9.90 Å². The molecule has 1 aliphatic heterocycles. The molecule has 0 radical (unpaired) electrons. The lowest BCUT2D eigenvalue weighted by Gasteiger charge is -2.30. The van der Waals surface area contributed by atoms with Gasteiger partial charge in [-0.15, -0.1) is 0 Å². The van der Waals surface area contributed by atoms with Crippen molar-refractivity contribution in [1.82, 2.24) is 10.2 Å². The summed E-state index contributed by atoms with van der Waals surface area (Å²) in [5.74, 6) is -0.757. The Balaban J connectivity index is 2.26. The Morgan fingerprint density at radius 3 is 2.53 bits per heavy atom. The Hall–Kier alpha value is -0.650. The van der Waals surface area contributed by atoms with Crippen LogP contribution < -0.4 is 5.32 Å². The third kappa shape index (κ3) is 5.89. The van der Waals surface area contributed by atoms with E-state index in [1.54, 1.807) is 6.92 Å². The molecule has 2 N–H and O–H groups in total. The molecule has 1 unspecified atom stereocenters. The highest BCUT2D eigenvalue weighted by molar-refractivity contribution is 5.78. The summed E-state index contributed by atoms with van der Waals surface area (Å²) in [5, 5.41) is 12.5. The van der Waals surface area contributed by atoms with Crippen LogP contribution in [0.25, 0.3) is 0 Å². The number of carboxylic acid groups (broad SMARTS) is 1. The average molecular weight is 272 g/mol. The minimum atomic E-state index is -0.806. The number of ether oxygens (including phenoxy) is 1. The zero-order valence-corrected chi connectivity index (χ0v) is 12.4. The van der Waals surface area contributed by atoms with E-state index in [0.29, 0.717) is 6.42 Å². The van der Waals surface area contributed by atoms with E-state index in [-0.39, 0.29) is 6.04 Å². The van der Waals surface area contributed by atoms with Gasteiger partial charge in [-0.2, -0.15) is 0 Å². The highest BCUT2D eigenvalue weighted by atomic mass is 16.5. The van der Waals surface area contributed by atoms with Crippen LogP contribution in [0, 0.1) is 0 Å². The zero-order chi connectivity index (χ0) is 14.3. The van der Waals surface area contributed by atoms with E-state index in [0.717, 1.165) is 45.7 Å². The lowest BCUT2D eigenvalue weighted by molar-refractivity contribution is -0.144. The minimum Gasteiger partial charge on any atom is -0.480 e. The van der Waals surface area contributed by atoms with Crippen molar-refractivity contribution in [1.29, 1.82) is 0 Å². The molecular formula is C14H28N2O3. The molecule has 1 aliphatic rings. The summed E-state index contributed by atoms with van der Waals surface area (Å²) in [6, 6.07) is 0.181. The number of rotatable bonds is 8. The summed E-state index contributed by atoms with van der Waals surface area (Å²) in [7, 11) is 0. The first-order valence-electron chi connectivity index (χ1n) is 7.25. The Bertz CT molecular complexity index is 278. The van der Waals surface area contributed by atoms with Crippen molar-refractivity contribution in [3.63, 3.8) is 0 Å². The number of nitrogens with zero attached hydrogens (tertiary/aromatic N) is 1. The summed E-state index contributed by atoms with van der Waals surface area (Å²) in [4.78, 5) is 13.7. The van der Waals surface area contributed by atoms with Crippen LogP contribution in [0.15, 0.2) is 0 Å². The van der Waals surface area contributed by atoms with Crippen LogP contribution in [0.4, 0.5) is 0 Å². The summed E-state index contributed by atoms with van der Waals surface area (Å²) < 4.78 is 5.31. The summed E-state index contributed by atoms with van der Waals surface area (Å²) in [6.07, 6.45) is 2.65. The highest BCUT2D eigenvalue weighted by Gasteiger charge is 2.32. The zero-order valence-electron chi connectivity index (χ0n) is 12.4. The van der Waals surface area contributed by atoms with E-state index < -0.39 is 11.5 Å². The second-order valence-electron chi connectivity index (χ2n) is 5.85. The van der Waals surface area contributed by atoms with Crippen molar-refractivity contribution in [2.24, 2.45) is 0 Å². The van der Waals surface area contributed by atoms with Gasteiger partial charge in [0.15, 0.2) is 0 Å². The summed E-state index contributed by atoms with van der Waals surface area (Å²) >= 11 is 0. The van der Waals surface area contributed by atoms with Crippen molar-refractivity contribution in [3.8, 4) is 0 Å². The van der Waals surface area contributed by atoms with Crippen LogP contribution in [-0.2, 0) is 9.53 Å². The molecule has 1 heterocycles. The fraction of sp³-hybridized carbons (Fsp3) is 0.929. The molecular weight excluding hydrogens is 244 g/mol. The maximum Gasteiger partial charge on any atom is 0.323 e. The van der Waals surface area contributed by atoms with Crippen molar-refractivity contribution in [2.75, 3.05) is 32.8 Å². The lowest BCUT2D eigenvalue weighted by atomic mass is 9.94. The lowest BCUT2D eigenvalue weighted by Crippen LogP contribution is -2.52. The number of hydrogen-bond acceptors (Lipinski definition) is 4. The van der Waals surface area contributed by atoms with E-state index in [1.807, 2.05) is 13.8 Å². The Labute approximate surface area is 116 Å². The molecule has 0 aromatic heterocycles. The third-order valence-corrected chi connectivity index (χ3v) is 3.58. The molecule has 0 aliphatic carbocycles. The number of nitrogens with one attached hydrogen (secondary N) is 1. The van der Waals surface area contributed by atoms with Gasteiger partial charge in [0.2, 0.25) is 0 Å². The molecule has 5 nitrogen and oxygen atoms in total. The minimum absolute atomic E-state index is 0.181. The van der Waals surface area contributed by atoms with E-state index in [4.69, 9.17) is 4.74 Å². The van der Waals surface area contributed by atoms with Gasteiger partial charge in [-0.1, -0.05) is 0 Å². The van der Waals surface area contributed by atoms with E-state index in [2.05, 4.69) is 10.2 Å². The van der Waals surface area contributed by atoms with Crippen LogP contribution in [-0.4, -0.2) is 60.4 Å². The molecule has 0 bridgehead atoms. The second kappa shape index (κ2) is 7.82. The Morgan fingerprint density at radius 1 is 1.37 bits per heavy atom. The van der Waals surface area contributed by atoms with Gasteiger partial charge >= 0.3 is 5.97 Å². The molecule has 0 saturated carbocycles. The molecule has 1 rings (SSSR count). The third-order valence-electron chi connectivity index (χ3n) is 3.58. The first-order valence-corrected chi connectivity index (χ1v) is 7.25. The predicted octanol–water partition coefficient (Wildman–Crippen LogP) is 1.33. The monoisotopic (exact) mass is 272 g/mol. The summed E-state index contributed by atoms with van der Waals surface area (Å²) in [6.45, 7) is 10.4. The van der Waals surface area contributed by atoms with Crippen LogP contribution in [0.1, 0.15) is 40.0 Å². The number of morpholine rings is 1. The fourth-order valence-electron chi connectivity index (χ4n) is 2.52. The number of unbranched alkanes of at least 4 members (excludes halogenated alkanes) is 1. The van der Waals surface area contributed by atoms with Crippen LogP contribution in [0.5, 0.6) is 0 Å². The van der Waals surface area contributed by atoms with Gasteiger partial charge in [-0.05, 0) is 46.6 Å². The van der Waals surface area contributed by atoms with Crippen molar-refractivity contribution in [3.05, 3.63) is 0 Å². The van der Waals surface area contributed by atoms with Crippen molar-refractivity contribution < 1.29 is 14.6 Å². The average Bonchev–Trinajstić information content (AvgIpc) is 2.35.